The second-order valence-corrected chi connectivity index (χ2v) is 4.79. The third kappa shape index (κ3) is 2.17. The van der Waals surface area contributed by atoms with Crippen molar-refractivity contribution in [2.45, 2.75) is 39.2 Å². The molecule has 0 bridgehead atoms. The summed E-state index contributed by atoms with van der Waals surface area (Å²) in [6.45, 7) is 3.79. The number of carbonyl (C=O) groups is 1. The molecular weight excluding hydrogens is 238 g/mol. The van der Waals surface area contributed by atoms with Gasteiger partial charge in [-0.25, -0.2) is 0 Å². The number of hydrogen-bond acceptors (Lipinski definition) is 2. The average molecular weight is 254 g/mol. The number of fused-ring (bicyclic) bond motifs is 1. The minimum Gasteiger partial charge on any atom is -0.388 e. The maximum atomic E-state index is 11.4. The van der Waals surface area contributed by atoms with Gasteiger partial charge in [-0.15, -0.1) is 0 Å². The molecule has 1 aromatic carbocycles. The molecule has 1 unspecified atom stereocenters. The van der Waals surface area contributed by atoms with Gasteiger partial charge in [0.25, 0.3) is 0 Å². The Morgan fingerprint density at radius 2 is 2.24 bits per heavy atom. The number of aliphatic hydroxyl groups excluding tert-OH is 1. The molecular formula is C13H16ClNO2. The number of amides is 1. The molecule has 1 aliphatic heterocycles. The van der Waals surface area contributed by atoms with E-state index in [1.54, 1.807) is 0 Å². The number of rotatable bonds is 2. The van der Waals surface area contributed by atoms with E-state index in [2.05, 4.69) is 5.32 Å². The van der Waals surface area contributed by atoms with Crippen molar-refractivity contribution in [2.75, 3.05) is 5.32 Å². The highest BCUT2D eigenvalue weighted by molar-refractivity contribution is 6.32. The Balaban J connectivity index is 2.54. The zero-order valence-corrected chi connectivity index (χ0v) is 10.8. The molecule has 1 heterocycles. The van der Waals surface area contributed by atoms with Crippen molar-refractivity contribution in [1.82, 2.24) is 0 Å². The lowest BCUT2D eigenvalue weighted by atomic mass is 9.94. The number of aliphatic hydroxyl groups is 1. The Bertz CT molecular complexity index is 471. The molecule has 1 aromatic rings. The van der Waals surface area contributed by atoms with Crippen LogP contribution in [0.1, 0.15) is 42.6 Å². The molecule has 4 heteroatoms. The Labute approximate surface area is 106 Å². The first-order chi connectivity index (χ1) is 8.04. The minimum absolute atomic E-state index is 0.0282. The van der Waals surface area contributed by atoms with Crippen LogP contribution < -0.4 is 5.32 Å². The highest BCUT2D eigenvalue weighted by atomic mass is 35.5. The van der Waals surface area contributed by atoms with Crippen molar-refractivity contribution >= 4 is 23.2 Å². The van der Waals surface area contributed by atoms with Crippen molar-refractivity contribution < 1.29 is 9.90 Å². The molecule has 1 atom stereocenters. The topological polar surface area (TPSA) is 49.3 Å². The fourth-order valence-corrected chi connectivity index (χ4v) is 2.45. The van der Waals surface area contributed by atoms with Crippen LogP contribution in [0, 0.1) is 6.92 Å². The molecule has 0 saturated carbocycles. The van der Waals surface area contributed by atoms with E-state index in [1.807, 2.05) is 19.9 Å². The van der Waals surface area contributed by atoms with Gasteiger partial charge in [-0.1, -0.05) is 18.5 Å². The van der Waals surface area contributed by atoms with Gasteiger partial charge in [0.05, 0.1) is 11.1 Å². The molecule has 0 spiro atoms. The first kappa shape index (κ1) is 12.4. The van der Waals surface area contributed by atoms with Crippen molar-refractivity contribution in [3.8, 4) is 0 Å². The van der Waals surface area contributed by atoms with E-state index >= 15 is 0 Å². The molecule has 0 saturated heterocycles. The standard InChI is InChI=1S/C13H16ClNO2/c1-3-10(16)9-6-8-4-5-11(17)15-13(8)7(2)12(9)14/h6,10,16H,3-5H2,1-2H3,(H,15,17). The van der Waals surface area contributed by atoms with Crippen LogP contribution in [0.3, 0.4) is 0 Å². The first-order valence-electron chi connectivity index (χ1n) is 5.84. The van der Waals surface area contributed by atoms with Crippen molar-refractivity contribution in [1.29, 1.82) is 0 Å². The second kappa shape index (κ2) is 4.67. The lowest BCUT2D eigenvalue weighted by molar-refractivity contribution is -0.116. The van der Waals surface area contributed by atoms with Gasteiger partial charge in [0.15, 0.2) is 0 Å². The molecule has 0 radical (unpaired) electrons. The predicted octanol–water partition coefficient (Wildman–Crippen LogP) is 2.98. The van der Waals surface area contributed by atoms with E-state index in [9.17, 15) is 9.90 Å². The van der Waals surface area contributed by atoms with Gasteiger partial charge in [-0.3, -0.25) is 4.79 Å². The summed E-state index contributed by atoms with van der Waals surface area (Å²) in [5, 5.41) is 13.3. The number of anilines is 1. The Kier molecular flexibility index (Phi) is 3.40. The van der Waals surface area contributed by atoms with Gasteiger partial charge < -0.3 is 10.4 Å². The maximum absolute atomic E-state index is 11.4. The summed E-state index contributed by atoms with van der Waals surface area (Å²) < 4.78 is 0. The molecule has 1 amide bonds. The van der Waals surface area contributed by atoms with Crippen LogP contribution >= 0.6 is 11.6 Å². The number of benzene rings is 1. The monoisotopic (exact) mass is 253 g/mol. The van der Waals surface area contributed by atoms with Crippen molar-refractivity contribution in [3.63, 3.8) is 0 Å². The van der Waals surface area contributed by atoms with Crippen LogP contribution in [0.15, 0.2) is 6.07 Å². The van der Waals surface area contributed by atoms with E-state index in [0.717, 1.165) is 22.4 Å². The van der Waals surface area contributed by atoms with Crippen LogP contribution in [-0.4, -0.2) is 11.0 Å². The van der Waals surface area contributed by atoms with Crippen molar-refractivity contribution in [2.24, 2.45) is 0 Å². The van der Waals surface area contributed by atoms with E-state index < -0.39 is 6.10 Å². The second-order valence-electron chi connectivity index (χ2n) is 4.41. The van der Waals surface area contributed by atoms with Gasteiger partial charge in [-0.05, 0) is 42.5 Å². The molecule has 92 valence electrons. The van der Waals surface area contributed by atoms with Gasteiger partial charge in [0.1, 0.15) is 0 Å². The summed E-state index contributed by atoms with van der Waals surface area (Å²) in [7, 11) is 0. The Morgan fingerprint density at radius 1 is 1.53 bits per heavy atom. The number of halogens is 1. The maximum Gasteiger partial charge on any atom is 0.224 e. The number of aryl methyl sites for hydroxylation is 1. The van der Waals surface area contributed by atoms with Gasteiger partial charge >= 0.3 is 0 Å². The van der Waals surface area contributed by atoms with Crippen LogP contribution in [-0.2, 0) is 11.2 Å². The number of hydrogen-bond donors (Lipinski definition) is 2. The van der Waals surface area contributed by atoms with E-state index in [0.29, 0.717) is 24.3 Å². The zero-order chi connectivity index (χ0) is 12.6. The Hall–Kier alpha value is -1.06. The first-order valence-corrected chi connectivity index (χ1v) is 6.22. The lowest BCUT2D eigenvalue weighted by Gasteiger charge is -2.23. The van der Waals surface area contributed by atoms with Crippen LogP contribution in [0.5, 0.6) is 0 Å². The quantitative estimate of drug-likeness (QED) is 0.851. The fourth-order valence-electron chi connectivity index (χ4n) is 2.17. The number of carbonyl (C=O) groups excluding carboxylic acids is 1. The number of nitrogens with one attached hydrogen (secondary N) is 1. The highest BCUT2D eigenvalue weighted by Gasteiger charge is 2.22. The molecule has 0 aliphatic carbocycles. The molecule has 1 aliphatic rings. The van der Waals surface area contributed by atoms with Crippen LogP contribution in [0.4, 0.5) is 5.69 Å². The summed E-state index contributed by atoms with van der Waals surface area (Å²) in [6.07, 6.45) is 1.30. The van der Waals surface area contributed by atoms with Crippen LogP contribution in [0.25, 0.3) is 0 Å². The molecule has 17 heavy (non-hydrogen) atoms. The molecule has 0 aromatic heterocycles. The SMILES string of the molecule is CCC(O)c1cc2c(c(C)c1Cl)NC(=O)CC2. The largest absolute Gasteiger partial charge is 0.388 e. The van der Waals surface area contributed by atoms with Gasteiger partial charge in [0.2, 0.25) is 5.91 Å². The zero-order valence-electron chi connectivity index (χ0n) is 10.0. The lowest BCUT2D eigenvalue weighted by Crippen LogP contribution is -2.20. The Morgan fingerprint density at radius 3 is 2.88 bits per heavy atom. The van der Waals surface area contributed by atoms with Crippen LogP contribution in [0.2, 0.25) is 5.02 Å². The molecule has 3 nitrogen and oxygen atoms in total. The summed E-state index contributed by atoms with van der Waals surface area (Å²) in [5.74, 6) is 0.0282. The summed E-state index contributed by atoms with van der Waals surface area (Å²) in [4.78, 5) is 11.4. The summed E-state index contributed by atoms with van der Waals surface area (Å²) >= 11 is 6.24. The third-order valence-electron chi connectivity index (χ3n) is 3.24. The van der Waals surface area contributed by atoms with E-state index in [1.165, 1.54) is 0 Å². The third-order valence-corrected chi connectivity index (χ3v) is 3.74. The summed E-state index contributed by atoms with van der Waals surface area (Å²) in [5.41, 5.74) is 3.49. The predicted molar refractivity (Wildman–Crippen MR) is 68.4 cm³/mol. The van der Waals surface area contributed by atoms with Gasteiger partial charge in [-0.2, -0.15) is 0 Å². The van der Waals surface area contributed by atoms with Gasteiger partial charge in [0, 0.05) is 12.1 Å². The smallest absolute Gasteiger partial charge is 0.224 e. The van der Waals surface area contributed by atoms with E-state index in [4.69, 9.17) is 11.6 Å². The highest BCUT2D eigenvalue weighted by Crippen LogP contribution is 2.37. The van der Waals surface area contributed by atoms with Crippen molar-refractivity contribution in [3.05, 3.63) is 27.8 Å². The molecule has 0 fully saturated rings. The van der Waals surface area contributed by atoms with E-state index in [-0.39, 0.29) is 5.91 Å². The molecule has 2 N–H and O–H groups in total. The summed E-state index contributed by atoms with van der Waals surface area (Å²) in [6, 6.07) is 1.91. The minimum atomic E-state index is -0.538. The average Bonchev–Trinajstić information content (AvgIpc) is 2.33. The normalized spacial score (nSPS) is 16.4. The fraction of sp³-hybridized carbons (Fsp3) is 0.462. The molecule has 2 rings (SSSR count).